The number of hydrogen-bond donors (Lipinski definition) is 2. The molecule has 0 atom stereocenters. The number of ether oxygens (including phenoxy) is 1. The van der Waals surface area contributed by atoms with Crippen LogP contribution in [0.3, 0.4) is 0 Å². The molecule has 2 aliphatic heterocycles. The third-order valence-corrected chi connectivity index (χ3v) is 6.59. The minimum atomic E-state index is -1.43. The molecule has 2 fully saturated rings. The summed E-state index contributed by atoms with van der Waals surface area (Å²) in [7, 11) is 0. The SMILES string of the molecule is CC(C)n1cc2cccc(C(=O)NCC3(F)CCN(CC4(O)CCOCC4)CC3)c2n1. The highest BCUT2D eigenvalue weighted by atomic mass is 19.1. The number of nitrogens with zero attached hydrogens (tertiary/aromatic N) is 3. The zero-order valence-corrected chi connectivity index (χ0v) is 18.4. The van der Waals surface area contributed by atoms with Crippen LogP contribution in [0.15, 0.2) is 24.4 Å². The van der Waals surface area contributed by atoms with E-state index in [1.54, 1.807) is 6.07 Å². The van der Waals surface area contributed by atoms with Crippen LogP contribution in [0.4, 0.5) is 4.39 Å². The first-order chi connectivity index (χ1) is 14.8. The topological polar surface area (TPSA) is 79.6 Å². The Labute approximate surface area is 182 Å². The second-order valence-corrected chi connectivity index (χ2v) is 9.39. The van der Waals surface area contributed by atoms with Crippen molar-refractivity contribution in [1.29, 1.82) is 0 Å². The van der Waals surface area contributed by atoms with E-state index in [0.717, 1.165) is 5.39 Å². The van der Waals surface area contributed by atoms with Gasteiger partial charge in [-0.2, -0.15) is 5.10 Å². The number of carbonyl (C=O) groups is 1. The maximum atomic E-state index is 15.4. The van der Waals surface area contributed by atoms with Crippen molar-refractivity contribution in [2.45, 2.75) is 56.8 Å². The van der Waals surface area contributed by atoms with Gasteiger partial charge in [-0.3, -0.25) is 9.48 Å². The number of fused-ring (bicyclic) bond motifs is 1. The molecule has 0 aliphatic carbocycles. The van der Waals surface area contributed by atoms with Crippen LogP contribution in [0.25, 0.3) is 10.9 Å². The summed E-state index contributed by atoms with van der Waals surface area (Å²) in [5.41, 5.74) is -1.06. The van der Waals surface area contributed by atoms with Crippen molar-refractivity contribution in [3.05, 3.63) is 30.0 Å². The minimum Gasteiger partial charge on any atom is -0.388 e. The fourth-order valence-electron chi connectivity index (χ4n) is 4.46. The summed E-state index contributed by atoms with van der Waals surface area (Å²) in [6.07, 6.45) is 3.85. The number of alkyl halides is 1. The van der Waals surface area contributed by atoms with Crippen molar-refractivity contribution in [2.75, 3.05) is 39.4 Å². The molecule has 0 spiro atoms. The fraction of sp³-hybridized carbons (Fsp3) is 0.652. The van der Waals surface area contributed by atoms with Gasteiger partial charge >= 0.3 is 0 Å². The normalized spacial score (nSPS) is 21.5. The number of likely N-dealkylation sites (tertiary alicyclic amines) is 1. The van der Waals surface area contributed by atoms with Gasteiger partial charge in [0, 0.05) is 63.3 Å². The Kier molecular flexibility index (Phi) is 6.32. The lowest BCUT2D eigenvalue weighted by Crippen LogP contribution is -2.53. The molecule has 0 unspecified atom stereocenters. The maximum Gasteiger partial charge on any atom is 0.253 e. The molecule has 2 saturated heterocycles. The van der Waals surface area contributed by atoms with Gasteiger partial charge in [0.25, 0.3) is 5.91 Å². The first-order valence-corrected chi connectivity index (χ1v) is 11.2. The van der Waals surface area contributed by atoms with E-state index in [4.69, 9.17) is 4.74 Å². The first-order valence-electron chi connectivity index (χ1n) is 11.2. The predicted octanol–water partition coefficient (Wildman–Crippen LogP) is 2.69. The smallest absolute Gasteiger partial charge is 0.253 e. The summed E-state index contributed by atoms with van der Waals surface area (Å²) in [6.45, 7) is 6.90. The van der Waals surface area contributed by atoms with Crippen molar-refractivity contribution < 1.29 is 19.0 Å². The number of aliphatic hydroxyl groups is 1. The average molecular weight is 433 g/mol. The summed E-state index contributed by atoms with van der Waals surface area (Å²) in [4.78, 5) is 14.9. The number of benzene rings is 1. The summed E-state index contributed by atoms with van der Waals surface area (Å²) in [5, 5.41) is 18.9. The van der Waals surface area contributed by atoms with Crippen LogP contribution in [-0.4, -0.2) is 76.4 Å². The molecule has 31 heavy (non-hydrogen) atoms. The van der Waals surface area contributed by atoms with E-state index in [1.165, 1.54) is 0 Å². The molecule has 0 saturated carbocycles. The van der Waals surface area contributed by atoms with Gasteiger partial charge in [-0.1, -0.05) is 12.1 Å². The number of amides is 1. The van der Waals surface area contributed by atoms with Gasteiger partial charge in [0.2, 0.25) is 0 Å². The van der Waals surface area contributed by atoms with Crippen molar-refractivity contribution in [2.24, 2.45) is 0 Å². The zero-order valence-electron chi connectivity index (χ0n) is 18.4. The zero-order chi connectivity index (χ0) is 22.1. The van der Waals surface area contributed by atoms with E-state index in [-0.39, 0.29) is 18.5 Å². The molecule has 3 heterocycles. The molecule has 7 nitrogen and oxygen atoms in total. The Morgan fingerprint density at radius 1 is 1.26 bits per heavy atom. The molecule has 1 aromatic heterocycles. The molecule has 1 amide bonds. The number of piperidine rings is 1. The Morgan fingerprint density at radius 2 is 1.97 bits per heavy atom. The number of carbonyl (C=O) groups excluding carboxylic acids is 1. The third kappa shape index (κ3) is 5.07. The number of halogens is 1. The highest BCUT2D eigenvalue weighted by Crippen LogP contribution is 2.29. The average Bonchev–Trinajstić information content (AvgIpc) is 3.19. The van der Waals surface area contributed by atoms with Crippen LogP contribution < -0.4 is 5.32 Å². The number of β-amino-alcohol motifs (C(OH)–C–C–N with tert-alkyl or cyclic N) is 1. The Balaban J connectivity index is 1.33. The second-order valence-electron chi connectivity index (χ2n) is 9.39. The van der Waals surface area contributed by atoms with Crippen LogP contribution in [0, 0.1) is 0 Å². The van der Waals surface area contributed by atoms with Crippen LogP contribution in [0.5, 0.6) is 0 Å². The van der Waals surface area contributed by atoms with Gasteiger partial charge in [0.05, 0.1) is 17.7 Å². The van der Waals surface area contributed by atoms with Crippen LogP contribution in [-0.2, 0) is 4.74 Å². The van der Waals surface area contributed by atoms with E-state index in [1.807, 2.05) is 36.9 Å². The summed E-state index contributed by atoms with van der Waals surface area (Å²) in [5.74, 6) is -0.296. The molecule has 8 heteroatoms. The van der Waals surface area contributed by atoms with E-state index < -0.39 is 11.3 Å². The van der Waals surface area contributed by atoms with Crippen molar-refractivity contribution in [1.82, 2.24) is 20.0 Å². The lowest BCUT2D eigenvalue weighted by molar-refractivity contribution is -0.0870. The van der Waals surface area contributed by atoms with Crippen molar-refractivity contribution in [3.63, 3.8) is 0 Å². The first kappa shape index (κ1) is 22.2. The lowest BCUT2D eigenvalue weighted by atomic mass is 9.89. The molecule has 4 rings (SSSR count). The standard InChI is InChI=1S/C23H33FN4O3/c1-17(2)28-14-18-4-3-5-19(20(18)26-28)21(29)25-15-22(24)6-10-27(11-7-22)16-23(30)8-12-31-13-9-23/h3-5,14,17,30H,6-13,15-16H2,1-2H3,(H,25,29). The molecule has 2 aromatic rings. The Morgan fingerprint density at radius 3 is 2.65 bits per heavy atom. The van der Waals surface area contributed by atoms with Crippen LogP contribution in [0.2, 0.25) is 0 Å². The fourth-order valence-corrected chi connectivity index (χ4v) is 4.46. The molecular weight excluding hydrogens is 399 g/mol. The monoisotopic (exact) mass is 432 g/mol. The van der Waals surface area contributed by atoms with Gasteiger partial charge in [-0.25, -0.2) is 4.39 Å². The number of hydrogen-bond acceptors (Lipinski definition) is 5. The summed E-state index contributed by atoms with van der Waals surface area (Å²) in [6, 6.07) is 5.68. The largest absolute Gasteiger partial charge is 0.388 e. The van der Waals surface area contributed by atoms with Crippen molar-refractivity contribution in [3.8, 4) is 0 Å². The Bertz CT molecular complexity index is 915. The highest BCUT2D eigenvalue weighted by Gasteiger charge is 2.38. The Hall–Kier alpha value is -2.03. The second kappa shape index (κ2) is 8.84. The molecule has 2 aliphatic rings. The number of rotatable bonds is 6. The van der Waals surface area contributed by atoms with Crippen LogP contribution >= 0.6 is 0 Å². The highest BCUT2D eigenvalue weighted by molar-refractivity contribution is 6.05. The lowest BCUT2D eigenvalue weighted by Gasteiger charge is -2.41. The molecular formula is C23H33FN4O3. The van der Waals surface area contributed by atoms with Gasteiger partial charge in [-0.05, 0) is 32.8 Å². The van der Waals surface area contributed by atoms with Crippen LogP contribution in [0.1, 0.15) is 55.9 Å². The van der Waals surface area contributed by atoms with E-state index in [0.29, 0.717) is 69.6 Å². The van der Waals surface area contributed by atoms with Gasteiger partial charge < -0.3 is 20.1 Å². The maximum absolute atomic E-state index is 15.4. The number of aromatic nitrogens is 2. The van der Waals surface area contributed by atoms with Crippen molar-refractivity contribution >= 4 is 16.8 Å². The third-order valence-electron chi connectivity index (χ3n) is 6.59. The molecule has 2 N–H and O–H groups in total. The molecule has 0 radical (unpaired) electrons. The van der Waals surface area contributed by atoms with Gasteiger partial charge in [-0.15, -0.1) is 0 Å². The van der Waals surface area contributed by atoms with Gasteiger partial charge in [0.1, 0.15) is 11.2 Å². The van der Waals surface area contributed by atoms with E-state index >= 15 is 4.39 Å². The molecule has 0 bridgehead atoms. The minimum absolute atomic E-state index is 0.0148. The van der Waals surface area contributed by atoms with Gasteiger partial charge in [0.15, 0.2) is 0 Å². The molecule has 170 valence electrons. The predicted molar refractivity (Wildman–Crippen MR) is 117 cm³/mol. The van der Waals surface area contributed by atoms with E-state index in [9.17, 15) is 9.90 Å². The number of nitrogens with one attached hydrogen (secondary N) is 1. The summed E-state index contributed by atoms with van der Waals surface area (Å²) < 4.78 is 22.5. The molecule has 1 aromatic carbocycles. The van der Waals surface area contributed by atoms with E-state index in [2.05, 4.69) is 15.3 Å². The quantitative estimate of drug-likeness (QED) is 0.734. The summed E-state index contributed by atoms with van der Waals surface area (Å²) >= 11 is 0.